The second-order valence-corrected chi connectivity index (χ2v) is 6.64. The first-order valence-corrected chi connectivity index (χ1v) is 8.67. The van der Waals surface area contributed by atoms with E-state index in [4.69, 9.17) is 9.47 Å². The minimum absolute atomic E-state index is 0.159. The monoisotopic (exact) mass is 383 g/mol. The molecule has 0 saturated carbocycles. The van der Waals surface area contributed by atoms with Crippen molar-refractivity contribution >= 4 is 22.0 Å². The van der Waals surface area contributed by atoms with Crippen LogP contribution in [0.4, 0.5) is 8.78 Å². The van der Waals surface area contributed by atoms with Crippen molar-refractivity contribution in [3.8, 4) is 11.5 Å². The molecule has 0 saturated heterocycles. The van der Waals surface area contributed by atoms with E-state index in [1.165, 1.54) is 38.5 Å². The second kappa shape index (κ2) is 7.96. The molecule has 0 atom stereocenters. The average molecular weight is 383 g/mol. The van der Waals surface area contributed by atoms with E-state index in [-0.39, 0.29) is 10.6 Å². The van der Waals surface area contributed by atoms with Gasteiger partial charge in [-0.3, -0.25) is 4.79 Å². The lowest BCUT2D eigenvalue weighted by atomic mass is 10.2. The predicted molar refractivity (Wildman–Crippen MR) is 90.3 cm³/mol. The summed E-state index contributed by atoms with van der Waals surface area (Å²) in [6.45, 7) is 0. The first kappa shape index (κ1) is 19.4. The normalized spacial score (nSPS) is 11.4. The topological polar surface area (TPSA) is 81.7 Å². The van der Waals surface area contributed by atoms with Crippen molar-refractivity contribution in [3.63, 3.8) is 0 Å². The van der Waals surface area contributed by atoms with Crippen LogP contribution in [0.2, 0.25) is 0 Å². The zero-order chi connectivity index (χ0) is 19.3. The van der Waals surface area contributed by atoms with Gasteiger partial charge in [0.2, 0.25) is 0 Å². The zero-order valence-corrected chi connectivity index (χ0v) is 14.6. The average Bonchev–Trinajstić information content (AvgIpc) is 2.60. The van der Waals surface area contributed by atoms with Crippen LogP contribution in [0.3, 0.4) is 0 Å². The molecule has 0 heterocycles. The van der Waals surface area contributed by atoms with Gasteiger partial charge in [0.1, 0.15) is 11.6 Å². The summed E-state index contributed by atoms with van der Waals surface area (Å²) in [7, 11) is -1.49. The van der Waals surface area contributed by atoms with Crippen LogP contribution in [0, 0.1) is 11.6 Å². The van der Waals surface area contributed by atoms with Crippen LogP contribution >= 0.6 is 0 Å². The van der Waals surface area contributed by atoms with Gasteiger partial charge >= 0.3 is 0 Å². The van der Waals surface area contributed by atoms with E-state index in [2.05, 4.69) is 0 Å². The number of halogens is 2. The Morgan fingerprint density at radius 2 is 1.65 bits per heavy atom. The summed E-state index contributed by atoms with van der Waals surface area (Å²) in [5, 5.41) is 0. The lowest BCUT2D eigenvalue weighted by molar-refractivity contribution is -0.114. The smallest absolute Gasteiger partial charge is 0.264 e. The minimum atomic E-state index is -4.22. The van der Waals surface area contributed by atoms with E-state index in [1.807, 2.05) is 0 Å². The molecule has 0 bridgehead atoms. The number of hydrogen-bond acceptors (Lipinski definition) is 5. The van der Waals surface area contributed by atoms with E-state index in [0.717, 1.165) is 24.3 Å². The lowest BCUT2D eigenvalue weighted by Crippen LogP contribution is -2.29. The number of sulfonamides is 1. The molecular formula is C17H15F2NO5S. The van der Waals surface area contributed by atoms with E-state index in [0.29, 0.717) is 5.75 Å². The van der Waals surface area contributed by atoms with Crippen LogP contribution in [0.5, 0.6) is 11.5 Å². The van der Waals surface area contributed by atoms with Crippen LogP contribution in [0.1, 0.15) is 5.56 Å². The fourth-order valence-corrected chi connectivity index (χ4v) is 3.00. The number of methoxy groups -OCH3 is 2. The Morgan fingerprint density at radius 1 is 1.04 bits per heavy atom. The van der Waals surface area contributed by atoms with Crippen molar-refractivity contribution in [2.45, 2.75) is 4.90 Å². The van der Waals surface area contributed by atoms with Gasteiger partial charge in [-0.2, -0.15) is 0 Å². The highest BCUT2D eigenvalue weighted by Crippen LogP contribution is 2.29. The van der Waals surface area contributed by atoms with Gasteiger partial charge in [-0.15, -0.1) is 0 Å². The molecule has 6 nitrogen and oxygen atoms in total. The Morgan fingerprint density at radius 3 is 2.23 bits per heavy atom. The molecule has 1 N–H and O–H groups in total. The summed E-state index contributed by atoms with van der Waals surface area (Å²) < 4.78 is 63.3. The molecule has 0 radical (unpaired) electrons. The highest BCUT2D eigenvalue weighted by Gasteiger charge is 2.19. The van der Waals surface area contributed by atoms with Crippen molar-refractivity contribution in [1.82, 2.24) is 4.72 Å². The van der Waals surface area contributed by atoms with Crippen molar-refractivity contribution < 1.29 is 31.5 Å². The SMILES string of the molecule is COc1ccc(S(=O)(=O)NC(=O)C=Cc2c(F)cccc2F)cc1OC. The standard InChI is InChI=1S/C17H15F2NO5S/c1-24-15-8-6-11(10-16(15)25-2)26(22,23)20-17(21)9-7-12-13(18)4-3-5-14(12)19/h3-10H,1-2H3,(H,20,21). The van der Waals surface area contributed by atoms with Crippen LogP contribution in [-0.2, 0) is 14.8 Å². The van der Waals surface area contributed by atoms with Crippen LogP contribution in [-0.4, -0.2) is 28.5 Å². The molecule has 0 aliphatic carbocycles. The maximum Gasteiger partial charge on any atom is 0.264 e. The van der Waals surface area contributed by atoms with E-state index >= 15 is 0 Å². The molecule has 26 heavy (non-hydrogen) atoms. The Labute approximate surface area is 149 Å². The van der Waals surface area contributed by atoms with Crippen LogP contribution in [0.15, 0.2) is 47.4 Å². The quantitative estimate of drug-likeness (QED) is 0.775. The first-order chi connectivity index (χ1) is 12.3. The zero-order valence-electron chi connectivity index (χ0n) is 13.8. The minimum Gasteiger partial charge on any atom is -0.493 e. The first-order valence-electron chi connectivity index (χ1n) is 7.19. The summed E-state index contributed by atoms with van der Waals surface area (Å²) >= 11 is 0. The van der Waals surface area contributed by atoms with Gasteiger partial charge < -0.3 is 9.47 Å². The van der Waals surface area contributed by atoms with Crippen molar-refractivity contribution in [2.24, 2.45) is 0 Å². The third kappa shape index (κ3) is 4.37. The Kier molecular flexibility index (Phi) is 5.93. The van der Waals surface area contributed by atoms with Gasteiger partial charge in [0.05, 0.1) is 19.1 Å². The molecule has 0 aliphatic heterocycles. The van der Waals surface area contributed by atoms with Crippen molar-refractivity contribution in [1.29, 1.82) is 0 Å². The summed E-state index contributed by atoms with van der Waals surface area (Å²) in [5.74, 6) is -2.35. The predicted octanol–water partition coefficient (Wildman–Crippen LogP) is 2.50. The van der Waals surface area contributed by atoms with Gasteiger partial charge in [0, 0.05) is 17.7 Å². The third-order valence-corrected chi connectivity index (χ3v) is 4.65. The summed E-state index contributed by atoms with van der Waals surface area (Å²) in [4.78, 5) is 11.6. The maximum absolute atomic E-state index is 13.5. The van der Waals surface area contributed by atoms with Gasteiger partial charge in [-0.05, 0) is 30.3 Å². The molecular weight excluding hydrogens is 368 g/mol. The number of carbonyl (C=O) groups excluding carboxylic acids is 1. The van der Waals surface area contributed by atoms with E-state index < -0.39 is 33.1 Å². The number of carbonyl (C=O) groups is 1. The number of amides is 1. The van der Waals surface area contributed by atoms with Crippen LogP contribution in [0.25, 0.3) is 6.08 Å². The number of benzene rings is 2. The molecule has 0 aromatic heterocycles. The Balaban J connectivity index is 2.21. The summed E-state index contributed by atoms with van der Waals surface area (Å²) in [6.07, 6.45) is 1.57. The third-order valence-electron chi connectivity index (χ3n) is 3.30. The Hall–Kier alpha value is -2.94. The molecule has 2 aromatic carbocycles. The highest BCUT2D eigenvalue weighted by molar-refractivity contribution is 7.90. The van der Waals surface area contributed by atoms with Gasteiger partial charge in [0.15, 0.2) is 11.5 Å². The Bertz CT molecular complexity index is 937. The largest absolute Gasteiger partial charge is 0.493 e. The fraction of sp³-hybridized carbons (Fsp3) is 0.118. The molecule has 0 aliphatic rings. The number of hydrogen-bond donors (Lipinski definition) is 1. The summed E-state index contributed by atoms with van der Waals surface area (Å²) in [5.41, 5.74) is -0.453. The van der Waals surface area contributed by atoms with E-state index in [1.54, 1.807) is 4.72 Å². The molecule has 9 heteroatoms. The second-order valence-electron chi connectivity index (χ2n) is 4.96. The molecule has 2 rings (SSSR count). The molecule has 0 unspecified atom stereocenters. The van der Waals surface area contributed by atoms with Gasteiger partial charge in [-0.1, -0.05) is 6.07 Å². The van der Waals surface area contributed by atoms with Gasteiger partial charge in [0.25, 0.3) is 15.9 Å². The summed E-state index contributed by atoms with van der Waals surface area (Å²) in [6, 6.07) is 6.96. The molecule has 0 fully saturated rings. The molecule has 138 valence electrons. The molecule has 0 spiro atoms. The fourth-order valence-electron chi connectivity index (χ4n) is 2.04. The van der Waals surface area contributed by atoms with Crippen LogP contribution < -0.4 is 14.2 Å². The van der Waals surface area contributed by atoms with Crippen molar-refractivity contribution in [2.75, 3.05) is 14.2 Å². The highest BCUT2D eigenvalue weighted by atomic mass is 32.2. The number of ether oxygens (including phenoxy) is 2. The maximum atomic E-state index is 13.5. The lowest BCUT2D eigenvalue weighted by Gasteiger charge is -2.10. The molecule has 2 aromatic rings. The molecule has 1 amide bonds. The van der Waals surface area contributed by atoms with Crippen molar-refractivity contribution in [3.05, 3.63) is 59.7 Å². The number of nitrogens with one attached hydrogen (secondary N) is 1. The van der Waals surface area contributed by atoms with Gasteiger partial charge in [-0.25, -0.2) is 21.9 Å². The van der Waals surface area contributed by atoms with E-state index in [9.17, 15) is 22.0 Å². The number of rotatable bonds is 6.